The molecule has 3 rings (SSSR count). The number of fused-ring (bicyclic) bond motifs is 1. The fraction of sp³-hybridized carbons (Fsp3) is 0.222. The van der Waals surface area contributed by atoms with Crippen LogP contribution >= 0.6 is 11.6 Å². The highest BCUT2D eigenvalue weighted by atomic mass is 35.5. The van der Waals surface area contributed by atoms with Crippen LogP contribution in [0, 0.1) is 0 Å². The quantitative estimate of drug-likeness (QED) is 0.836. The molecule has 26 heavy (non-hydrogen) atoms. The van der Waals surface area contributed by atoms with Gasteiger partial charge in [0.25, 0.3) is 5.91 Å². The van der Waals surface area contributed by atoms with Crippen molar-refractivity contribution in [1.29, 1.82) is 0 Å². The Hall–Kier alpha value is -2.93. The fourth-order valence-electron chi connectivity index (χ4n) is 2.28. The lowest BCUT2D eigenvalue weighted by atomic mass is 10.2. The van der Waals surface area contributed by atoms with Crippen LogP contribution in [-0.4, -0.2) is 37.8 Å². The minimum Gasteiger partial charge on any atom is -0.486 e. The van der Waals surface area contributed by atoms with E-state index in [-0.39, 0.29) is 19.3 Å². The summed E-state index contributed by atoms with van der Waals surface area (Å²) in [6.07, 6.45) is -0.342. The number of hydrogen-bond acceptors (Lipinski definition) is 5. The van der Waals surface area contributed by atoms with E-state index in [0.717, 1.165) is 0 Å². The molecule has 8 heteroatoms. The van der Waals surface area contributed by atoms with Gasteiger partial charge < -0.3 is 19.5 Å². The maximum atomic E-state index is 11.8. The van der Waals surface area contributed by atoms with Crippen LogP contribution in [0.4, 0.5) is 4.79 Å². The maximum Gasteiger partial charge on any atom is 0.321 e. The number of para-hydroxylation sites is 3. The summed E-state index contributed by atoms with van der Waals surface area (Å²) in [4.78, 5) is 23.6. The molecule has 0 fully saturated rings. The Labute approximate surface area is 155 Å². The molecule has 2 N–H and O–H groups in total. The molecule has 3 amide bonds. The monoisotopic (exact) mass is 376 g/mol. The van der Waals surface area contributed by atoms with Gasteiger partial charge >= 0.3 is 6.03 Å². The number of rotatable bonds is 5. The third kappa shape index (κ3) is 4.80. The first-order valence-corrected chi connectivity index (χ1v) is 8.33. The number of carbonyl (C=O) groups excluding carboxylic acids is 2. The normalized spacial score (nSPS) is 15.0. The number of amides is 3. The zero-order chi connectivity index (χ0) is 18.4. The van der Waals surface area contributed by atoms with E-state index < -0.39 is 11.9 Å². The lowest BCUT2D eigenvalue weighted by Crippen LogP contribution is -2.47. The van der Waals surface area contributed by atoms with Crippen molar-refractivity contribution in [2.75, 3.05) is 19.8 Å². The lowest BCUT2D eigenvalue weighted by Gasteiger charge is -2.26. The molecule has 0 saturated heterocycles. The van der Waals surface area contributed by atoms with E-state index in [2.05, 4.69) is 10.6 Å². The van der Waals surface area contributed by atoms with Gasteiger partial charge in [-0.2, -0.15) is 0 Å². The van der Waals surface area contributed by atoms with Crippen LogP contribution in [0.1, 0.15) is 0 Å². The smallest absolute Gasteiger partial charge is 0.321 e. The van der Waals surface area contributed by atoms with Gasteiger partial charge in [0.1, 0.15) is 12.4 Å². The van der Waals surface area contributed by atoms with Gasteiger partial charge in [0, 0.05) is 0 Å². The summed E-state index contributed by atoms with van der Waals surface area (Å²) in [6, 6.07) is 13.4. The van der Waals surface area contributed by atoms with E-state index >= 15 is 0 Å². The van der Waals surface area contributed by atoms with Crippen LogP contribution in [0.25, 0.3) is 0 Å². The topological polar surface area (TPSA) is 85.9 Å². The van der Waals surface area contributed by atoms with Crippen molar-refractivity contribution in [2.24, 2.45) is 0 Å². The number of nitrogens with one attached hydrogen (secondary N) is 2. The number of carbonyl (C=O) groups is 2. The Kier molecular flexibility index (Phi) is 5.80. The van der Waals surface area contributed by atoms with Gasteiger partial charge in [0.05, 0.1) is 11.6 Å². The Morgan fingerprint density at radius 3 is 2.65 bits per heavy atom. The molecule has 136 valence electrons. The SMILES string of the molecule is O=C(COc1ccccc1Cl)NC(=O)NC[C@@H]1COc2ccccc2O1. The van der Waals surface area contributed by atoms with Gasteiger partial charge in [-0.3, -0.25) is 10.1 Å². The second kappa shape index (κ2) is 8.44. The fourth-order valence-corrected chi connectivity index (χ4v) is 2.47. The van der Waals surface area contributed by atoms with E-state index in [1.54, 1.807) is 30.3 Å². The molecule has 7 nitrogen and oxygen atoms in total. The number of urea groups is 1. The third-order valence-corrected chi connectivity index (χ3v) is 3.82. The summed E-state index contributed by atoms with van der Waals surface area (Å²) < 4.78 is 16.5. The van der Waals surface area contributed by atoms with Crippen molar-refractivity contribution < 1.29 is 23.8 Å². The highest BCUT2D eigenvalue weighted by molar-refractivity contribution is 6.32. The van der Waals surface area contributed by atoms with Crippen molar-refractivity contribution in [2.45, 2.75) is 6.10 Å². The molecular formula is C18H17ClN2O5. The first kappa shape index (κ1) is 17.9. The predicted octanol–water partition coefficient (Wildman–Crippen LogP) is 2.38. The van der Waals surface area contributed by atoms with Gasteiger partial charge in [0.15, 0.2) is 24.2 Å². The molecular weight excluding hydrogens is 360 g/mol. The summed E-state index contributed by atoms with van der Waals surface area (Å²) >= 11 is 5.92. The first-order valence-electron chi connectivity index (χ1n) is 7.95. The van der Waals surface area contributed by atoms with Gasteiger partial charge in [0.2, 0.25) is 0 Å². The molecule has 0 saturated carbocycles. The summed E-state index contributed by atoms with van der Waals surface area (Å²) in [7, 11) is 0. The van der Waals surface area contributed by atoms with E-state index in [0.29, 0.717) is 28.9 Å². The zero-order valence-electron chi connectivity index (χ0n) is 13.7. The zero-order valence-corrected chi connectivity index (χ0v) is 14.5. The van der Waals surface area contributed by atoms with Gasteiger partial charge in [-0.05, 0) is 24.3 Å². The van der Waals surface area contributed by atoms with Crippen LogP contribution in [0.15, 0.2) is 48.5 Å². The van der Waals surface area contributed by atoms with Crippen molar-refractivity contribution in [3.05, 3.63) is 53.6 Å². The average Bonchev–Trinajstić information content (AvgIpc) is 2.65. The molecule has 0 aromatic heterocycles. The molecule has 0 radical (unpaired) electrons. The lowest BCUT2D eigenvalue weighted by molar-refractivity contribution is -0.122. The average molecular weight is 377 g/mol. The molecule has 0 bridgehead atoms. The highest BCUT2D eigenvalue weighted by Crippen LogP contribution is 2.30. The minimum absolute atomic E-state index is 0.193. The second-order valence-electron chi connectivity index (χ2n) is 5.47. The Morgan fingerprint density at radius 2 is 1.85 bits per heavy atom. The van der Waals surface area contributed by atoms with Crippen molar-refractivity contribution in [1.82, 2.24) is 10.6 Å². The van der Waals surface area contributed by atoms with Crippen molar-refractivity contribution in [3.63, 3.8) is 0 Å². The van der Waals surface area contributed by atoms with Crippen LogP contribution in [0.5, 0.6) is 17.2 Å². The maximum absolute atomic E-state index is 11.8. The number of ether oxygens (including phenoxy) is 3. The molecule has 0 aliphatic carbocycles. The molecule has 1 aliphatic rings. The number of hydrogen-bond donors (Lipinski definition) is 2. The van der Waals surface area contributed by atoms with Crippen LogP contribution < -0.4 is 24.8 Å². The summed E-state index contributed by atoms with van der Waals surface area (Å²) in [5.41, 5.74) is 0. The molecule has 0 spiro atoms. The van der Waals surface area contributed by atoms with Crippen molar-refractivity contribution in [3.8, 4) is 17.2 Å². The third-order valence-electron chi connectivity index (χ3n) is 3.51. The van der Waals surface area contributed by atoms with E-state index in [4.69, 9.17) is 25.8 Å². The molecule has 1 aliphatic heterocycles. The standard InChI is InChI=1S/C18H17ClN2O5/c19-13-5-1-2-6-14(13)25-11-17(22)21-18(23)20-9-12-10-24-15-7-3-4-8-16(15)26-12/h1-8,12H,9-11H2,(H2,20,21,22,23)/t12-/m1/s1. The molecule has 1 atom stereocenters. The molecule has 0 unspecified atom stereocenters. The van der Waals surface area contributed by atoms with Crippen LogP contribution in [-0.2, 0) is 4.79 Å². The van der Waals surface area contributed by atoms with Crippen LogP contribution in [0.3, 0.4) is 0 Å². The summed E-state index contributed by atoms with van der Waals surface area (Å²) in [6.45, 7) is 0.174. The van der Waals surface area contributed by atoms with Crippen molar-refractivity contribution >= 4 is 23.5 Å². The number of halogens is 1. The summed E-state index contributed by atoms with van der Waals surface area (Å²) in [5, 5.41) is 5.13. The highest BCUT2D eigenvalue weighted by Gasteiger charge is 2.21. The largest absolute Gasteiger partial charge is 0.486 e. The van der Waals surface area contributed by atoms with Gasteiger partial charge in [-0.1, -0.05) is 35.9 Å². The number of imide groups is 1. The van der Waals surface area contributed by atoms with Gasteiger partial charge in [-0.15, -0.1) is 0 Å². The van der Waals surface area contributed by atoms with Gasteiger partial charge in [-0.25, -0.2) is 4.79 Å². The Bertz CT molecular complexity index is 799. The second-order valence-corrected chi connectivity index (χ2v) is 5.88. The molecule has 2 aromatic carbocycles. The summed E-state index contributed by atoms with van der Waals surface area (Å²) in [5.74, 6) is 1.07. The van der Waals surface area contributed by atoms with Crippen LogP contribution in [0.2, 0.25) is 5.02 Å². The predicted molar refractivity (Wildman–Crippen MR) is 94.8 cm³/mol. The minimum atomic E-state index is -0.639. The van der Waals surface area contributed by atoms with E-state index in [1.807, 2.05) is 18.2 Å². The van der Waals surface area contributed by atoms with E-state index in [9.17, 15) is 9.59 Å². The Morgan fingerprint density at radius 1 is 1.12 bits per heavy atom. The molecule has 2 aromatic rings. The Balaban J connectivity index is 1.39. The molecule has 1 heterocycles. The number of benzene rings is 2. The van der Waals surface area contributed by atoms with E-state index in [1.165, 1.54) is 0 Å². The first-order chi connectivity index (χ1) is 12.6.